The molecular weight excluding hydrogens is 172 g/mol. The molecule has 0 aromatic heterocycles. The topological polar surface area (TPSA) is 32.7 Å². The Labute approximate surface area is 76.2 Å². The molecule has 4 heteroatoms. The zero-order chi connectivity index (χ0) is 8.72. The fourth-order valence-corrected chi connectivity index (χ4v) is 2.70. The number of amides is 1. The van der Waals surface area contributed by atoms with Gasteiger partial charge in [0, 0.05) is 12.5 Å². The third-order valence-corrected chi connectivity index (χ3v) is 3.29. The maximum absolute atomic E-state index is 11.5. The SMILES string of the molecule is CC(C)N1C(=O)CC2SC=NC21. The number of rotatable bonds is 1. The van der Waals surface area contributed by atoms with Gasteiger partial charge in [0.1, 0.15) is 6.17 Å². The van der Waals surface area contributed by atoms with Crippen molar-refractivity contribution in [2.45, 2.75) is 37.7 Å². The molecule has 1 amide bonds. The van der Waals surface area contributed by atoms with Crippen LogP contribution in [0.1, 0.15) is 20.3 Å². The Balaban J connectivity index is 2.21. The Hall–Kier alpha value is -0.510. The fraction of sp³-hybridized carbons (Fsp3) is 0.750. The quantitative estimate of drug-likeness (QED) is 0.611. The Kier molecular flexibility index (Phi) is 1.87. The number of thioether (sulfide) groups is 1. The van der Waals surface area contributed by atoms with E-state index in [-0.39, 0.29) is 18.1 Å². The summed E-state index contributed by atoms with van der Waals surface area (Å²) in [5.41, 5.74) is 1.87. The molecule has 0 saturated carbocycles. The minimum absolute atomic E-state index is 0.127. The molecule has 0 N–H and O–H groups in total. The molecule has 0 bridgehead atoms. The van der Waals surface area contributed by atoms with Gasteiger partial charge in [0.15, 0.2) is 0 Å². The summed E-state index contributed by atoms with van der Waals surface area (Å²) in [5, 5.41) is 0.389. The second-order valence-corrected chi connectivity index (χ2v) is 4.53. The number of fused-ring (bicyclic) bond motifs is 1. The minimum Gasteiger partial charge on any atom is -0.317 e. The first-order chi connectivity index (χ1) is 5.70. The molecule has 2 heterocycles. The molecule has 1 fully saturated rings. The van der Waals surface area contributed by atoms with Gasteiger partial charge >= 0.3 is 0 Å². The standard InChI is InChI=1S/C8H12N2OS/c1-5(2)10-7(11)3-6-8(10)9-4-12-6/h4-6,8H,3H2,1-2H3. The van der Waals surface area contributed by atoms with Gasteiger partial charge in [-0.3, -0.25) is 9.79 Å². The molecule has 0 radical (unpaired) electrons. The lowest BCUT2D eigenvalue weighted by molar-refractivity contribution is -0.130. The van der Waals surface area contributed by atoms with Crippen molar-refractivity contribution in [2.24, 2.45) is 4.99 Å². The Morgan fingerprint density at radius 2 is 2.50 bits per heavy atom. The highest BCUT2D eigenvalue weighted by atomic mass is 32.2. The molecule has 0 aromatic carbocycles. The normalized spacial score (nSPS) is 33.6. The van der Waals surface area contributed by atoms with Gasteiger partial charge in [0.05, 0.1) is 10.8 Å². The molecule has 2 aliphatic heterocycles. The maximum atomic E-state index is 11.5. The predicted molar refractivity (Wildman–Crippen MR) is 50.3 cm³/mol. The Morgan fingerprint density at radius 3 is 3.17 bits per heavy atom. The number of nitrogens with zero attached hydrogens (tertiary/aromatic N) is 2. The van der Waals surface area contributed by atoms with Crippen molar-refractivity contribution in [1.82, 2.24) is 4.90 Å². The van der Waals surface area contributed by atoms with Crippen LogP contribution < -0.4 is 0 Å². The van der Waals surface area contributed by atoms with Crippen LogP contribution in [0.2, 0.25) is 0 Å². The lowest BCUT2D eigenvalue weighted by Crippen LogP contribution is -2.38. The van der Waals surface area contributed by atoms with Crippen LogP contribution in [0.25, 0.3) is 0 Å². The molecule has 2 rings (SSSR count). The first-order valence-electron chi connectivity index (χ1n) is 4.18. The van der Waals surface area contributed by atoms with Crippen LogP contribution in [-0.4, -0.2) is 33.8 Å². The molecule has 2 unspecified atom stereocenters. The zero-order valence-corrected chi connectivity index (χ0v) is 8.04. The zero-order valence-electron chi connectivity index (χ0n) is 7.23. The van der Waals surface area contributed by atoms with Gasteiger partial charge in [-0.2, -0.15) is 0 Å². The molecule has 0 aromatic rings. The van der Waals surface area contributed by atoms with Crippen LogP contribution in [0.5, 0.6) is 0 Å². The van der Waals surface area contributed by atoms with E-state index in [4.69, 9.17) is 0 Å². The monoisotopic (exact) mass is 184 g/mol. The summed E-state index contributed by atoms with van der Waals surface area (Å²) in [5.74, 6) is 0.254. The van der Waals surface area contributed by atoms with Gasteiger partial charge in [-0.15, -0.1) is 11.8 Å². The minimum atomic E-state index is 0.127. The van der Waals surface area contributed by atoms with E-state index in [0.29, 0.717) is 11.7 Å². The van der Waals surface area contributed by atoms with Crippen molar-refractivity contribution in [3.63, 3.8) is 0 Å². The molecule has 2 atom stereocenters. The average Bonchev–Trinajstić information content (AvgIpc) is 2.44. The summed E-state index contributed by atoms with van der Waals surface area (Å²) in [6, 6.07) is 0.281. The van der Waals surface area contributed by atoms with Gasteiger partial charge in [-0.25, -0.2) is 0 Å². The van der Waals surface area contributed by atoms with Gasteiger partial charge < -0.3 is 4.90 Å². The number of likely N-dealkylation sites (tertiary alicyclic amines) is 1. The summed E-state index contributed by atoms with van der Waals surface area (Å²) in [6.45, 7) is 4.08. The van der Waals surface area contributed by atoms with E-state index in [0.717, 1.165) is 0 Å². The number of hydrogen-bond acceptors (Lipinski definition) is 3. The molecule has 0 spiro atoms. The smallest absolute Gasteiger partial charge is 0.225 e. The molecule has 2 aliphatic rings. The molecule has 66 valence electrons. The highest BCUT2D eigenvalue weighted by Crippen LogP contribution is 2.35. The Bertz CT molecular complexity index is 239. The van der Waals surface area contributed by atoms with E-state index in [2.05, 4.69) is 4.99 Å². The van der Waals surface area contributed by atoms with E-state index >= 15 is 0 Å². The van der Waals surface area contributed by atoms with Crippen LogP contribution in [0.4, 0.5) is 0 Å². The summed E-state index contributed by atoms with van der Waals surface area (Å²) in [4.78, 5) is 17.7. The fourth-order valence-electron chi connectivity index (χ4n) is 1.76. The highest BCUT2D eigenvalue weighted by Gasteiger charge is 2.42. The van der Waals surface area contributed by atoms with Gasteiger partial charge in [-0.05, 0) is 13.8 Å². The molecule has 12 heavy (non-hydrogen) atoms. The largest absolute Gasteiger partial charge is 0.317 e. The van der Waals surface area contributed by atoms with Crippen LogP contribution in [0, 0.1) is 0 Å². The van der Waals surface area contributed by atoms with E-state index in [9.17, 15) is 4.79 Å². The van der Waals surface area contributed by atoms with E-state index in [1.54, 1.807) is 11.8 Å². The van der Waals surface area contributed by atoms with E-state index in [1.807, 2.05) is 24.3 Å². The van der Waals surface area contributed by atoms with Crippen molar-refractivity contribution in [3.8, 4) is 0 Å². The average molecular weight is 184 g/mol. The number of hydrogen-bond donors (Lipinski definition) is 0. The summed E-state index contributed by atoms with van der Waals surface area (Å²) < 4.78 is 0. The summed E-state index contributed by atoms with van der Waals surface area (Å²) in [7, 11) is 0. The maximum Gasteiger partial charge on any atom is 0.225 e. The van der Waals surface area contributed by atoms with Crippen molar-refractivity contribution in [2.75, 3.05) is 0 Å². The van der Waals surface area contributed by atoms with Crippen molar-refractivity contribution in [3.05, 3.63) is 0 Å². The van der Waals surface area contributed by atoms with Crippen LogP contribution >= 0.6 is 11.8 Å². The van der Waals surface area contributed by atoms with Gasteiger partial charge in [0.25, 0.3) is 0 Å². The van der Waals surface area contributed by atoms with Crippen molar-refractivity contribution >= 4 is 23.2 Å². The van der Waals surface area contributed by atoms with Crippen molar-refractivity contribution in [1.29, 1.82) is 0 Å². The van der Waals surface area contributed by atoms with Gasteiger partial charge in [0.2, 0.25) is 5.91 Å². The summed E-state index contributed by atoms with van der Waals surface area (Å²) in [6.07, 6.45) is 0.788. The third-order valence-electron chi connectivity index (χ3n) is 2.29. The van der Waals surface area contributed by atoms with Crippen LogP contribution in [-0.2, 0) is 4.79 Å². The van der Waals surface area contributed by atoms with E-state index in [1.165, 1.54) is 0 Å². The number of aliphatic imine (C=N–C) groups is 1. The molecule has 0 aliphatic carbocycles. The van der Waals surface area contributed by atoms with E-state index < -0.39 is 0 Å². The number of carbonyl (C=O) groups is 1. The molecule has 1 saturated heterocycles. The lowest BCUT2D eigenvalue weighted by Gasteiger charge is -2.25. The third kappa shape index (κ3) is 1.05. The summed E-state index contributed by atoms with van der Waals surface area (Å²) >= 11 is 1.68. The first kappa shape index (κ1) is 8.10. The number of carbonyl (C=O) groups excluding carboxylic acids is 1. The Morgan fingerprint density at radius 1 is 1.75 bits per heavy atom. The molecule has 3 nitrogen and oxygen atoms in total. The van der Waals surface area contributed by atoms with Crippen LogP contribution in [0.15, 0.2) is 4.99 Å². The second kappa shape index (κ2) is 2.76. The van der Waals surface area contributed by atoms with Crippen LogP contribution in [0.3, 0.4) is 0 Å². The highest BCUT2D eigenvalue weighted by molar-refractivity contribution is 8.13. The molecular formula is C8H12N2OS. The lowest BCUT2D eigenvalue weighted by atomic mass is 10.3. The first-order valence-corrected chi connectivity index (χ1v) is 5.12. The predicted octanol–water partition coefficient (Wildman–Crippen LogP) is 1.10. The second-order valence-electron chi connectivity index (χ2n) is 3.44. The van der Waals surface area contributed by atoms with Crippen molar-refractivity contribution < 1.29 is 4.79 Å². The van der Waals surface area contributed by atoms with Gasteiger partial charge in [-0.1, -0.05) is 0 Å².